The number of carbonyl (C=O) groups is 2. The molecule has 0 aliphatic carbocycles. The molecule has 0 aromatic heterocycles. The monoisotopic (exact) mass is 244 g/mol. The van der Waals surface area contributed by atoms with Crippen LogP contribution in [0.1, 0.15) is 27.2 Å². The van der Waals surface area contributed by atoms with Crippen LogP contribution in [0.2, 0.25) is 0 Å². The predicted molar refractivity (Wildman–Crippen MR) is 66.4 cm³/mol. The van der Waals surface area contributed by atoms with Crippen molar-refractivity contribution in [3.63, 3.8) is 0 Å². The van der Waals surface area contributed by atoms with Crippen LogP contribution in [-0.4, -0.2) is 46.8 Å². The number of thioether (sulfide) groups is 1. The predicted octanol–water partition coefficient (Wildman–Crippen LogP) is 0.863. The minimum atomic E-state index is -0.388. The fraction of sp³-hybridized carbons (Fsp3) is 0.818. The number of rotatable bonds is 4. The molecule has 1 fully saturated rings. The largest absolute Gasteiger partial charge is 0.343 e. The molecule has 0 saturated carbocycles. The average molecular weight is 244 g/mol. The zero-order valence-electron chi connectivity index (χ0n) is 10.3. The molecule has 5 heteroatoms. The van der Waals surface area contributed by atoms with Crippen molar-refractivity contribution in [3.05, 3.63) is 0 Å². The van der Waals surface area contributed by atoms with E-state index in [0.717, 1.165) is 12.2 Å². The van der Waals surface area contributed by atoms with Crippen LogP contribution in [-0.2, 0) is 9.59 Å². The molecule has 0 aromatic carbocycles. The molecule has 0 spiro atoms. The van der Waals surface area contributed by atoms with Gasteiger partial charge < -0.3 is 10.2 Å². The molecule has 1 rings (SSSR count). The van der Waals surface area contributed by atoms with E-state index in [1.54, 1.807) is 30.5 Å². The SMILES string of the molecule is CSCCC(C)N1C(=O)C(C)NC(=O)C1C. The second-order valence-corrected chi connectivity index (χ2v) is 5.27. The number of nitrogens with one attached hydrogen (secondary N) is 1. The first-order chi connectivity index (χ1) is 7.49. The van der Waals surface area contributed by atoms with Gasteiger partial charge in [0.25, 0.3) is 0 Å². The van der Waals surface area contributed by atoms with Crippen molar-refractivity contribution in [3.8, 4) is 0 Å². The van der Waals surface area contributed by atoms with E-state index in [-0.39, 0.29) is 29.9 Å². The third kappa shape index (κ3) is 2.70. The van der Waals surface area contributed by atoms with Gasteiger partial charge in [-0.2, -0.15) is 11.8 Å². The zero-order valence-corrected chi connectivity index (χ0v) is 11.1. The third-order valence-electron chi connectivity index (χ3n) is 2.99. The number of amides is 2. The van der Waals surface area contributed by atoms with Crippen LogP contribution in [0.5, 0.6) is 0 Å². The maximum absolute atomic E-state index is 12.0. The van der Waals surface area contributed by atoms with Crippen LogP contribution in [0.4, 0.5) is 0 Å². The van der Waals surface area contributed by atoms with Gasteiger partial charge in [0.05, 0.1) is 0 Å². The summed E-state index contributed by atoms with van der Waals surface area (Å²) in [5, 5.41) is 2.68. The summed E-state index contributed by atoms with van der Waals surface area (Å²) < 4.78 is 0. The third-order valence-corrected chi connectivity index (χ3v) is 3.64. The second kappa shape index (κ2) is 5.57. The number of piperazine rings is 1. The van der Waals surface area contributed by atoms with Gasteiger partial charge in [-0.3, -0.25) is 9.59 Å². The van der Waals surface area contributed by atoms with E-state index in [9.17, 15) is 9.59 Å². The van der Waals surface area contributed by atoms with Crippen LogP contribution >= 0.6 is 11.8 Å². The van der Waals surface area contributed by atoms with Gasteiger partial charge in [0.15, 0.2) is 0 Å². The lowest BCUT2D eigenvalue weighted by Gasteiger charge is -2.40. The van der Waals surface area contributed by atoms with Crippen molar-refractivity contribution in [2.24, 2.45) is 0 Å². The van der Waals surface area contributed by atoms with E-state index in [0.29, 0.717) is 0 Å². The Morgan fingerprint density at radius 1 is 1.44 bits per heavy atom. The summed E-state index contributed by atoms with van der Waals surface area (Å²) >= 11 is 1.76. The van der Waals surface area contributed by atoms with Crippen LogP contribution in [0, 0.1) is 0 Å². The normalized spacial score (nSPS) is 27.9. The second-order valence-electron chi connectivity index (χ2n) is 4.28. The highest BCUT2D eigenvalue weighted by Crippen LogP contribution is 2.16. The van der Waals surface area contributed by atoms with Crippen molar-refractivity contribution >= 4 is 23.6 Å². The minimum Gasteiger partial charge on any atom is -0.343 e. The fourth-order valence-electron chi connectivity index (χ4n) is 1.96. The summed E-state index contributed by atoms with van der Waals surface area (Å²) in [5.74, 6) is 0.983. The van der Waals surface area contributed by atoms with Gasteiger partial charge in [-0.15, -0.1) is 0 Å². The van der Waals surface area contributed by atoms with Gasteiger partial charge in [0, 0.05) is 6.04 Å². The van der Waals surface area contributed by atoms with Crippen molar-refractivity contribution in [1.29, 1.82) is 0 Å². The summed E-state index contributed by atoms with van der Waals surface area (Å²) in [7, 11) is 0. The number of carbonyl (C=O) groups excluding carboxylic acids is 2. The lowest BCUT2D eigenvalue weighted by molar-refractivity contribution is -0.150. The molecule has 16 heavy (non-hydrogen) atoms. The van der Waals surface area contributed by atoms with Crippen LogP contribution < -0.4 is 5.32 Å². The number of hydrogen-bond acceptors (Lipinski definition) is 3. The molecule has 4 nitrogen and oxygen atoms in total. The molecule has 2 amide bonds. The molecule has 3 unspecified atom stereocenters. The molecular weight excluding hydrogens is 224 g/mol. The standard InChI is InChI=1S/C11H20N2O2S/c1-7(5-6-16-4)13-9(3)10(14)12-8(2)11(13)15/h7-9H,5-6H2,1-4H3,(H,12,14). The highest BCUT2D eigenvalue weighted by molar-refractivity contribution is 7.98. The van der Waals surface area contributed by atoms with E-state index in [4.69, 9.17) is 0 Å². The Balaban J connectivity index is 2.73. The van der Waals surface area contributed by atoms with Crippen LogP contribution in [0.15, 0.2) is 0 Å². The van der Waals surface area contributed by atoms with Gasteiger partial charge in [-0.05, 0) is 39.2 Å². The van der Waals surface area contributed by atoms with Crippen molar-refractivity contribution < 1.29 is 9.59 Å². The lowest BCUT2D eigenvalue weighted by Crippen LogP contribution is -2.63. The summed E-state index contributed by atoms with van der Waals surface area (Å²) in [5.41, 5.74) is 0. The fourth-order valence-corrected chi connectivity index (χ4v) is 2.54. The molecule has 1 heterocycles. The molecule has 1 aliphatic rings. The Morgan fingerprint density at radius 3 is 2.62 bits per heavy atom. The summed E-state index contributed by atoms with van der Waals surface area (Å²) in [6.07, 6.45) is 2.97. The van der Waals surface area contributed by atoms with Gasteiger partial charge in [-0.25, -0.2) is 0 Å². The van der Waals surface area contributed by atoms with Gasteiger partial charge in [0.2, 0.25) is 11.8 Å². The van der Waals surface area contributed by atoms with Gasteiger partial charge >= 0.3 is 0 Å². The Kier molecular flexibility index (Phi) is 4.65. The molecule has 0 bridgehead atoms. The van der Waals surface area contributed by atoms with Gasteiger partial charge in [0.1, 0.15) is 12.1 Å². The first-order valence-electron chi connectivity index (χ1n) is 5.60. The highest BCUT2D eigenvalue weighted by Gasteiger charge is 2.37. The van der Waals surface area contributed by atoms with E-state index in [1.807, 2.05) is 13.2 Å². The topological polar surface area (TPSA) is 49.4 Å². The quantitative estimate of drug-likeness (QED) is 0.798. The first-order valence-corrected chi connectivity index (χ1v) is 7.00. The maximum atomic E-state index is 12.0. The zero-order chi connectivity index (χ0) is 12.3. The minimum absolute atomic E-state index is 0.0284. The molecule has 0 radical (unpaired) electrons. The molecule has 1 N–H and O–H groups in total. The Labute approximate surface area is 101 Å². The van der Waals surface area contributed by atoms with Crippen molar-refractivity contribution in [1.82, 2.24) is 10.2 Å². The molecule has 1 saturated heterocycles. The molecule has 1 aliphatic heterocycles. The molecular formula is C11H20N2O2S. The number of nitrogens with zero attached hydrogens (tertiary/aromatic N) is 1. The van der Waals surface area contributed by atoms with Crippen molar-refractivity contribution in [2.45, 2.75) is 45.3 Å². The van der Waals surface area contributed by atoms with E-state index in [2.05, 4.69) is 5.32 Å². The maximum Gasteiger partial charge on any atom is 0.245 e. The Morgan fingerprint density at radius 2 is 2.06 bits per heavy atom. The molecule has 3 atom stereocenters. The van der Waals surface area contributed by atoms with E-state index in [1.165, 1.54) is 0 Å². The van der Waals surface area contributed by atoms with E-state index >= 15 is 0 Å². The summed E-state index contributed by atoms with van der Waals surface area (Å²) in [4.78, 5) is 25.3. The van der Waals surface area contributed by atoms with Crippen LogP contribution in [0.25, 0.3) is 0 Å². The number of hydrogen-bond donors (Lipinski definition) is 1. The van der Waals surface area contributed by atoms with E-state index < -0.39 is 0 Å². The average Bonchev–Trinajstić information content (AvgIpc) is 2.24. The Bertz CT molecular complexity index is 283. The Hall–Kier alpha value is -0.710. The van der Waals surface area contributed by atoms with Crippen LogP contribution in [0.3, 0.4) is 0 Å². The first kappa shape index (κ1) is 13.4. The smallest absolute Gasteiger partial charge is 0.245 e. The van der Waals surface area contributed by atoms with Crippen molar-refractivity contribution in [2.75, 3.05) is 12.0 Å². The molecule has 92 valence electrons. The van der Waals surface area contributed by atoms with Gasteiger partial charge in [-0.1, -0.05) is 0 Å². The lowest BCUT2D eigenvalue weighted by atomic mass is 10.1. The summed E-state index contributed by atoms with van der Waals surface area (Å²) in [6, 6.07) is -0.607. The molecule has 0 aromatic rings. The summed E-state index contributed by atoms with van der Waals surface area (Å²) in [6.45, 7) is 5.53. The highest BCUT2D eigenvalue weighted by atomic mass is 32.2.